The van der Waals surface area contributed by atoms with Gasteiger partial charge in [0.2, 0.25) is 0 Å². The van der Waals surface area contributed by atoms with Crippen LogP contribution in [0.25, 0.3) is 5.57 Å². The van der Waals surface area contributed by atoms with Crippen molar-refractivity contribution in [1.82, 2.24) is 10.2 Å². The number of fused-ring (bicyclic) bond motifs is 2. The Labute approximate surface area is 203 Å². The number of halogens is 4. The third kappa shape index (κ3) is 5.88. The molecule has 2 aromatic carbocycles. The lowest BCUT2D eigenvalue weighted by Gasteiger charge is -2.43. The lowest BCUT2D eigenvalue weighted by atomic mass is 9.83. The monoisotopic (exact) mass is 492 g/mol. The molecule has 2 aliphatic rings. The van der Waals surface area contributed by atoms with E-state index in [1.165, 1.54) is 4.90 Å². The Bertz CT molecular complexity index is 1050. The average molecular weight is 493 g/mol. The van der Waals surface area contributed by atoms with Crippen LogP contribution in [0.2, 0.25) is 0 Å². The van der Waals surface area contributed by atoms with Crippen molar-refractivity contribution in [2.75, 3.05) is 32.9 Å². The molecular formula is C27H32F4N2O2. The summed E-state index contributed by atoms with van der Waals surface area (Å²) in [6.07, 6.45) is -2.78. The Morgan fingerprint density at radius 3 is 2.69 bits per heavy atom. The van der Waals surface area contributed by atoms with E-state index in [9.17, 15) is 22.7 Å². The van der Waals surface area contributed by atoms with E-state index in [0.29, 0.717) is 55.8 Å². The summed E-state index contributed by atoms with van der Waals surface area (Å²) in [6, 6.07) is 12.3. The van der Waals surface area contributed by atoms with Crippen LogP contribution in [0.4, 0.5) is 17.6 Å². The first-order valence-electron chi connectivity index (χ1n) is 12.1. The van der Waals surface area contributed by atoms with E-state index in [0.717, 1.165) is 22.3 Å². The van der Waals surface area contributed by atoms with Gasteiger partial charge in [0, 0.05) is 12.6 Å². The highest BCUT2D eigenvalue weighted by molar-refractivity contribution is 5.79. The number of hydrogen-bond donors (Lipinski definition) is 2. The zero-order valence-electron chi connectivity index (χ0n) is 19.9. The second kappa shape index (κ2) is 11.1. The van der Waals surface area contributed by atoms with E-state index in [-0.39, 0.29) is 19.3 Å². The Morgan fingerprint density at radius 2 is 1.94 bits per heavy atom. The topological polar surface area (TPSA) is 44.7 Å². The van der Waals surface area contributed by atoms with Crippen molar-refractivity contribution >= 4 is 5.57 Å². The minimum atomic E-state index is -4.35. The zero-order chi connectivity index (χ0) is 25.0. The number of nitrogens with one attached hydrogen (secondary N) is 1. The highest BCUT2D eigenvalue weighted by Crippen LogP contribution is 2.50. The molecule has 2 N–H and O–H groups in total. The van der Waals surface area contributed by atoms with Crippen LogP contribution in [0.1, 0.15) is 48.1 Å². The predicted molar refractivity (Wildman–Crippen MR) is 128 cm³/mol. The van der Waals surface area contributed by atoms with Gasteiger partial charge in [-0.2, -0.15) is 13.2 Å². The fourth-order valence-corrected chi connectivity index (χ4v) is 5.26. The number of ether oxygens (including phenoxy) is 1. The van der Waals surface area contributed by atoms with Crippen LogP contribution in [0.15, 0.2) is 48.0 Å². The summed E-state index contributed by atoms with van der Waals surface area (Å²) in [6.45, 7) is 1.58. The minimum Gasteiger partial charge on any atom is -0.492 e. The molecule has 2 atom stereocenters. The quantitative estimate of drug-likeness (QED) is 0.353. The van der Waals surface area contributed by atoms with Crippen molar-refractivity contribution < 1.29 is 27.4 Å². The van der Waals surface area contributed by atoms with Crippen molar-refractivity contribution in [3.8, 4) is 5.75 Å². The summed E-state index contributed by atoms with van der Waals surface area (Å²) < 4.78 is 59.2. The number of benzene rings is 2. The van der Waals surface area contributed by atoms with Gasteiger partial charge in [-0.3, -0.25) is 9.29 Å². The third-order valence-electron chi connectivity index (χ3n) is 6.82. The molecule has 0 radical (unpaired) electrons. The van der Waals surface area contributed by atoms with Crippen LogP contribution in [0.5, 0.6) is 5.75 Å². The molecule has 1 aliphatic heterocycles. The summed E-state index contributed by atoms with van der Waals surface area (Å²) in [5.41, 5.74) is 5.56. The fraction of sp³-hybridized carbons (Fsp3) is 0.481. The van der Waals surface area contributed by atoms with Gasteiger partial charge in [0.15, 0.2) is 0 Å². The first kappa shape index (κ1) is 25.7. The maximum Gasteiger partial charge on any atom is 0.401 e. The Balaban J connectivity index is 1.68. The standard InChI is InChI=1S/C27H32F4N2O2/c1-18-13-24-22-6-3-2-5-19(22)14-25(24)26(33(18)17-27(29,30)31)23-15-21(8-7-20(23)16-34)35-12-11-32-10-4-9-28/h2-3,5-8,15,18,26,32,34H,4,9-14,16-17H2,1H3/t18-,26-/m1/s1. The minimum absolute atomic E-state index is 0.277. The molecule has 0 saturated heterocycles. The lowest BCUT2D eigenvalue weighted by molar-refractivity contribution is -0.155. The molecule has 8 heteroatoms. The number of aliphatic hydroxyl groups excluding tert-OH is 1. The summed E-state index contributed by atoms with van der Waals surface area (Å²) in [7, 11) is 0. The summed E-state index contributed by atoms with van der Waals surface area (Å²) >= 11 is 0. The Kier molecular flexibility index (Phi) is 8.14. The fourth-order valence-electron chi connectivity index (χ4n) is 5.26. The molecule has 1 heterocycles. The number of hydrogen-bond acceptors (Lipinski definition) is 4. The molecule has 190 valence electrons. The van der Waals surface area contributed by atoms with Crippen molar-refractivity contribution in [2.45, 2.75) is 51.1 Å². The lowest BCUT2D eigenvalue weighted by Crippen LogP contribution is -2.46. The second-order valence-electron chi connectivity index (χ2n) is 9.24. The molecule has 2 aromatic rings. The second-order valence-corrected chi connectivity index (χ2v) is 9.24. The first-order chi connectivity index (χ1) is 16.8. The van der Waals surface area contributed by atoms with Gasteiger partial charge in [0.1, 0.15) is 12.4 Å². The van der Waals surface area contributed by atoms with Crippen molar-refractivity contribution in [3.63, 3.8) is 0 Å². The Morgan fingerprint density at radius 1 is 1.14 bits per heavy atom. The molecule has 4 rings (SSSR count). The molecule has 0 fully saturated rings. The maximum atomic E-state index is 13.7. The van der Waals surface area contributed by atoms with Crippen molar-refractivity contribution in [3.05, 3.63) is 70.3 Å². The molecule has 0 bridgehead atoms. The van der Waals surface area contributed by atoms with E-state index in [2.05, 4.69) is 5.32 Å². The molecule has 1 aliphatic carbocycles. The molecule has 0 unspecified atom stereocenters. The number of rotatable bonds is 10. The van der Waals surface area contributed by atoms with Crippen LogP contribution in [-0.4, -0.2) is 55.1 Å². The SMILES string of the molecule is C[C@@H]1CC2=C(Cc3ccccc32)[C@@H](c2cc(OCCNCCCF)ccc2CO)N1CC(F)(F)F. The van der Waals surface area contributed by atoms with E-state index in [1.54, 1.807) is 18.2 Å². The molecule has 0 amide bonds. The molecule has 0 spiro atoms. The van der Waals surface area contributed by atoms with Gasteiger partial charge in [-0.15, -0.1) is 0 Å². The van der Waals surface area contributed by atoms with Crippen LogP contribution < -0.4 is 10.1 Å². The third-order valence-corrected chi connectivity index (χ3v) is 6.82. The van der Waals surface area contributed by atoms with Crippen molar-refractivity contribution in [1.29, 1.82) is 0 Å². The Hall–Kier alpha value is -2.42. The molecule has 35 heavy (non-hydrogen) atoms. The molecule has 0 aromatic heterocycles. The summed E-state index contributed by atoms with van der Waals surface area (Å²) in [5.74, 6) is 0.535. The predicted octanol–water partition coefficient (Wildman–Crippen LogP) is 5.21. The maximum absolute atomic E-state index is 13.7. The van der Waals surface area contributed by atoms with Crippen LogP contribution in [0.3, 0.4) is 0 Å². The van der Waals surface area contributed by atoms with Gasteiger partial charge in [-0.1, -0.05) is 30.3 Å². The van der Waals surface area contributed by atoms with Gasteiger partial charge in [0.25, 0.3) is 0 Å². The van der Waals surface area contributed by atoms with Crippen LogP contribution in [0, 0.1) is 0 Å². The molecule has 4 nitrogen and oxygen atoms in total. The molecular weight excluding hydrogens is 460 g/mol. The van der Waals surface area contributed by atoms with Crippen LogP contribution >= 0.6 is 0 Å². The number of aliphatic hydroxyl groups is 1. The largest absolute Gasteiger partial charge is 0.492 e. The van der Waals surface area contributed by atoms with E-state index in [1.807, 2.05) is 31.2 Å². The van der Waals surface area contributed by atoms with Gasteiger partial charge < -0.3 is 15.2 Å². The van der Waals surface area contributed by atoms with E-state index >= 15 is 0 Å². The number of nitrogens with zero attached hydrogens (tertiary/aromatic N) is 1. The number of alkyl halides is 4. The summed E-state index contributed by atoms with van der Waals surface area (Å²) in [5, 5.41) is 13.2. The smallest absolute Gasteiger partial charge is 0.401 e. The van der Waals surface area contributed by atoms with Gasteiger partial charge >= 0.3 is 6.18 Å². The van der Waals surface area contributed by atoms with Gasteiger partial charge in [-0.25, -0.2) is 0 Å². The van der Waals surface area contributed by atoms with Gasteiger partial charge in [-0.05, 0) is 78.3 Å². The van der Waals surface area contributed by atoms with Gasteiger partial charge in [0.05, 0.1) is 25.9 Å². The average Bonchev–Trinajstić information content (AvgIpc) is 3.19. The highest BCUT2D eigenvalue weighted by Gasteiger charge is 2.44. The highest BCUT2D eigenvalue weighted by atomic mass is 19.4. The van der Waals surface area contributed by atoms with Crippen LogP contribution in [-0.2, 0) is 13.0 Å². The zero-order valence-corrected chi connectivity index (χ0v) is 19.9. The normalized spacial score (nSPS) is 20.2. The molecule has 0 saturated carbocycles. The van der Waals surface area contributed by atoms with E-state index in [4.69, 9.17) is 4.74 Å². The van der Waals surface area contributed by atoms with E-state index < -0.39 is 18.8 Å². The summed E-state index contributed by atoms with van der Waals surface area (Å²) in [4.78, 5) is 1.52. The first-order valence-corrected chi connectivity index (χ1v) is 12.1. The van der Waals surface area contributed by atoms with Crippen molar-refractivity contribution in [2.24, 2.45) is 0 Å².